The smallest absolute Gasteiger partial charge is 0.274 e. The Kier molecular flexibility index (Phi) is 6.75. The molecule has 0 bridgehead atoms. The summed E-state index contributed by atoms with van der Waals surface area (Å²) in [4.78, 5) is 20.7. The highest BCUT2D eigenvalue weighted by Gasteiger charge is 2.19. The maximum atomic E-state index is 12.6. The van der Waals surface area contributed by atoms with Crippen LogP contribution in [0.2, 0.25) is 5.02 Å². The van der Waals surface area contributed by atoms with Crippen LogP contribution in [0.15, 0.2) is 12.1 Å². The van der Waals surface area contributed by atoms with Crippen molar-refractivity contribution < 1.29 is 4.79 Å². The number of nitrogens with one attached hydrogen (secondary N) is 1. The van der Waals surface area contributed by atoms with Crippen molar-refractivity contribution in [1.82, 2.24) is 14.8 Å². The van der Waals surface area contributed by atoms with Gasteiger partial charge in [-0.3, -0.25) is 4.79 Å². The van der Waals surface area contributed by atoms with Crippen molar-refractivity contribution >= 4 is 23.3 Å². The van der Waals surface area contributed by atoms with Gasteiger partial charge in [0.15, 0.2) is 0 Å². The average Bonchev–Trinajstić information content (AvgIpc) is 2.43. The van der Waals surface area contributed by atoms with E-state index in [0.717, 1.165) is 13.0 Å². The lowest BCUT2D eigenvalue weighted by Crippen LogP contribution is -2.37. The number of likely N-dealkylation sites (N-methyl/N-ethyl adjacent to an activating group) is 1. The summed E-state index contributed by atoms with van der Waals surface area (Å²) in [6.45, 7) is 4.24. The first-order valence-corrected chi connectivity index (χ1v) is 7.15. The molecular formula is C14H23ClN4O. The molecule has 20 heavy (non-hydrogen) atoms. The molecule has 1 rings (SSSR count). The molecule has 0 spiro atoms. The first-order valence-electron chi connectivity index (χ1n) is 6.77. The molecule has 0 aliphatic heterocycles. The molecule has 0 fully saturated rings. The number of aromatic nitrogens is 1. The van der Waals surface area contributed by atoms with Gasteiger partial charge in [0.05, 0.1) is 5.02 Å². The summed E-state index contributed by atoms with van der Waals surface area (Å²) >= 11 is 6.11. The quantitative estimate of drug-likeness (QED) is 0.838. The Labute approximate surface area is 125 Å². The number of anilines is 1. The Bertz CT molecular complexity index is 451. The molecule has 6 heteroatoms. The molecule has 0 saturated heterocycles. The largest absolute Gasteiger partial charge is 0.373 e. The number of nitrogens with zero attached hydrogens (tertiary/aromatic N) is 3. The average molecular weight is 299 g/mol. The molecule has 1 heterocycles. The fourth-order valence-electron chi connectivity index (χ4n) is 1.79. The first kappa shape index (κ1) is 16.7. The highest BCUT2D eigenvalue weighted by Crippen LogP contribution is 2.18. The normalized spacial score (nSPS) is 10.7. The van der Waals surface area contributed by atoms with Crippen molar-refractivity contribution in [2.24, 2.45) is 0 Å². The van der Waals surface area contributed by atoms with E-state index in [4.69, 9.17) is 11.6 Å². The SMILES string of the molecule is CCCN(CCN(C)C)C(=O)c1nc(NC)ccc1Cl. The molecule has 0 radical (unpaired) electrons. The predicted octanol–water partition coefficient (Wildman–Crippen LogP) is 2.19. The Morgan fingerprint density at radius 1 is 1.30 bits per heavy atom. The third-order valence-corrected chi connectivity index (χ3v) is 3.21. The summed E-state index contributed by atoms with van der Waals surface area (Å²) in [5.41, 5.74) is 0.311. The second-order valence-corrected chi connectivity index (χ2v) is 5.28. The summed E-state index contributed by atoms with van der Waals surface area (Å²) in [6, 6.07) is 3.45. The summed E-state index contributed by atoms with van der Waals surface area (Å²) in [5, 5.41) is 3.31. The number of amides is 1. The molecule has 0 atom stereocenters. The van der Waals surface area contributed by atoms with Crippen LogP contribution in [0.1, 0.15) is 23.8 Å². The fourth-order valence-corrected chi connectivity index (χ4v) is 1.97. The zero-order valence-corrected chi connectivity index (χ0v) is 13.4. The van der Waals surface area contributed by atoms with Gasteiger partial charge >= 0.3 is 0 Å². The third kappa shape index (κ3) is 4.65. The highest BCUT2D eigenvalue weighted by molar-refractivity contribution is 6.33. The van der Waals surface area contributed by atoms with Crippen LogP contribution in [0.25, 0.3) is 0 Å². The van der Waals surface area contributed by atoms with Crippen molar-refractivity contribution in [3.8, 4) is 0 Å². The molecule has 0 unspecified atom stereocenters. The van der Waals surface area contributed by atoms with Crippen LogP contribution in [0.5, 0.6) is 0 Å². The monoisotopic (exact) mass is 298 g/mol. The second-order valence-electron chi connectivity index (χ2n) is 4.87. The first-order chi connectivity index (χ1) is 9.49. The summed E-state index contributed by atoms with van der Waals surface area (Å²) in [7, 11) is 5.74. The Morgan fingerprint density at radius 3 is 2.55 bits per heavy atom. The van der Waals surface area contributed by atoms with E-state index < -0.39 is 0 Å². The van der Waals surface area contributed by atoms with E-state index in [2.05, 4.69) is 22.1 Å². The molecule has 5 nitrogen and oxygen atoms in total. The minimum absolute atomic E-state index is 0.115. The van der Waals surface area contributed by atoms with Gasteiger partial charge in [-0.2, -0.15) is 0 Å². The van der Waals surface area contributed by atoms with Crippen molar-refractivity contribution in [1.29, 1.82) is 0 Å². The molecule has 1 amide bonds. The molecule has 0 aliphatic carbocycles. The summed E-state index contributed by atoms with van der Waals surface area (Å²) in [5.74, 6) is 0.526. The molecule has 1 N–H and O–H groups in total. The molecule has 112 valence electrons. The number of rotatable bonds is 7. The van der Waals surface area contributed by atoms with Gasteiger partial charge in [0.2, 0.25) is 0 Å². The second kappa shape index (κ2) is 8.07. The van der Waals surface area contributed by atoms with Gasteiger partial charge in [0, 0.05) is 26.7 Å². The van der Waals surface area contributed by atoms with Crippen molar-refractivity contribution in [3.63, 3.8) is 0 Å². The molecular weight excluding hydrogens is 276 g/mol. The van der Waals surface area contributed by atoms with Gasteiger partial charge in [0.25, 0.3) is 5.91 Å². The maximum absolute atomic E-state index is 12.6. The number of carbonyl (C=O) groups excluding carboxylic acids is 1. The van der Waals surface area contributed by atoms with E-state index >= 15 is 0 Å². The number of halogens is 1. The van der Waals surface area contributed by atoms with E-state index in [1.165, 1.54) is 0 Å². The van der Waals surface area contributed by atoms with Gasteiger partial charge in [0.1, 0.15) is 11.5 Å². The van der Waals surface area contributed by atoms with Crippen LogP contribution in [-0.4, -0.2) is 61.5 Å². The number of carbonyl (C=O) groups is 1. The highest BCUT2D eigenvalue weighted by atomic mass is 35.5. The van der Waals surface area contributed by atoms with Gasteiger partial charge in [-0.05, 0) is 32.6 Å². The van der Waals surface area contributed by atoms with Crippen LogP contribution in [0, 0.1) is 0 Å². The number of pyridine rings is 1. The van der Waals surface area contributed by atoms with E-state index in [1.807, 2.05) is 14.1 Å². The maximum Gasteiger partial charge on any atom is 0.274 e. The predicted molar refractivity (Wildman–Crippen MR) is 83.5 cm³/mol. The standard InChI is InChI=1S/C14H23ClN4O/c1-5-8-19(10-9-18(3)4)14(20)13-11(15)6-7-12(16-2)17-13/h6-7H,5,8-10H2,1-4H3,(H,16,17). The lowest BCUT2D eigenvalue weighted by atomic mass is 10.2. The van der Waals surface area contributed by atoms with Gasteiger partial charge in [-0.15, -0.1) is 0 Å². The van der Waals surface area contributed by atoms with Crippen molar-refractivity contribution in [2.45, 2.75) is 13.3 Å². The topological polar surface area (TPSA) is 48.5 Å². The lowest BCUT2D eigenvalue weighted by molar-refractivity contribution is 0.0739. The molecule has 0 aromatic carbocycles. The van der Waals surface area contributed by atoms with Gasteiger partial charge in [-0.1, -0.05) is 18.5 Å². The lowest BCUT2D eigenvalue weighted by Gasteiger charge is -2.24. The van der Waals surface area contributed by atoms with Crippen LogP contribution < -0.4 is 5.32 Å². The fraction of sp³-hybridized carbons (Fsp3) is 0.571. The van der Waals surface area contributed by atoms with Crippen molar-refractivity contribution in [2.75, 3.05) is 46.1 Å². The Morgan fingerprint density at radius 2 is 2.00 bits per heavy atom. The van der Waals surface area contributed by atoms with Crippen LogP contribution >= 0.6 is 11.6 Å². The molecule has 1 aromatic heterocycles. The van der Waals surface area contributed by atoms with Gasteiger partial charge in [-0.25, -0.2) is 4.98 Å². The molecule has 0 saturated carbocycles. The summed E-state index contributed by atoms with van der Waals surface area (Å²) in [6.07, 6.45) is 0.905. The Balaban J connectivity index is 2.93. The van der Waals surface area contributed by atoms with Crippen LogP contribution in [0.3, 0.4) is 0 Å². The van der Waals surface area contributed by atoms with E-state index in [-0.39, 0.29) is 5.91 Å². The number of hydrogen-bond donors (Lipinski definition) is 1. The zero-order valence-electron chi connectivity index (χ0n) is 12.6. The minimum atomic E-state index is -0.115. The van der Waals surface area contributed by atoms with Crippen molar-refractivity contribution in [3.05, 3.63) is 22.8 Å². The van der Waals surface area contributed by atoms with Crippen LogP contribution in [0.4, 0.5) is 5.82 Å². The van der Waals surface area contributed by atoms with Gasteiger partial charge < -0.3 is 15.1 Å². The minimum Gasteiger partial charge on any atom is -0.373 e. The van der Waals surface area contributed by atoms with E-state index in [9.17, 15) is 4.79 Å². The molecule has 0 aliphatic rings. The third-order valence-electron chi connectivity index (χ3n) is 2.90. The van der Waals surface area contributed by atoms with E-state index in [0.29, 0.717) is 29.6 Å². The number of hydrogen-bond acceptors (Lipinski definition) is 4. The molecule has 1 aromatic rings. The van der Waals surface area contributed by atoms with Crippen LogP contribution in [-0.2, 0) is 0 Å². The zero-order chi connectivity index (χ0) is 15.1. The summed E-state index contributed by atoms with van der Waals surface area (Å²) < 4.78 is 0. The Hall–Kier alpha value is -1.33. The van der Waals surface area contributed by atoms with E-state index in [1.54, 1.807) is 24.1 Å².